The first-order valence-electron chi connectivity index (χ1n) is 7.69. The molecule has 0 fully saturated rings. The molecule has 0 amide bonds. The van der Waals surface area contributed by atoms with Gasteiger partial charge in [-0.25, -0.2) is 0 Å². The molecule has 0 bridgehead atoms. The number of phenolic OH excluding ortho intramolecular Hbond substituents is 1. The zero-order valence-electron chi connectivity index (χ0n) is 13.9. The van der Waals surface area contributed by atoms with E-state index in [0.717, 1.165) is 16.6 Å². The zero-order chi connectivity index (χ0) is 18.0. The molecule has 6 nitrogen and oxygen atoms in total. The van der Waals surface area contributed by atoms with Crippen LogP contribution in [0.15, 0.2) is 41.2 Å². The maximum absolute atomic E-state index is 12.2. The average molecular weight is 335 g/mol. The number of anilines is 1. The summed E-state index contributed by atoms with van der Waals surface area (Å²) < 4.78 is 5.18. The van der Waals surface area contributed by atoms with E-state index in [1.165, 1.54) is 7.11 Å². The second kappa shape index (κ2) is 6.57. The Morgan fingerprint density at radius 3 is 2.80 bits per heavy atom. The van der Waals surface area contributed by atoms with Gasteiger partial charge in [-0.1, -0.05) is 0 Å². The standard InChI is InChI=1S/C19H17N3O3/c1-11-5-13-7-14(19(24)22-18(13)16(23)6-11)10-21-15-4-3-12(9-20)17(8-15)25-2/h3-8,21,23H,10H2,1-2H3,(H,22,24). The molecule has 126 valence electrons. The van der Waals surface area contributed by atoms with Gasteiger partial charge in [0, 0.05) is 29.2 Å². The molecule has 0 unspecified atom stereocenters. The number of phenols is 1. The quantitative estimate of drug-likeness (QED) is 0.681. The first kappa shape index (κ1) is 16.4. The van der Waals surface area contributed by atoms with Crippen LogP contribution in [0.4, 0.5) is 5.69 Å². The number of methoxy groups -OCH3 is 1. The molecular weight excluding hydrogens is 318 g/mol. The number of nitrogens with zero attached hydrogens (tertiary/aromatic N) is 1. The minimum Gasteiger partial charge on any atom is -0.506 e. The van der Waals surface area contributed by atoms with Crippen LogP contribution in [0.25, 0.3) is 10.9 Å². The van der Waals surface area contributed by atoms with E-state index < -0.39 is 0 Å². The molecule has 0 spiro atoms. The molecule has 0 aliphatic heterocycles. The number of aromatic hydroxyl groups is 1. The lowest BCUT2D eigenvalue weighted by Gasteiger charge is -2.10. The highest BCUT2D eigenvalue weighted by Crippen LogP contribution is 2.25. The topological polar surface area (TPSA) is 98.1 Å². The Balaban J connectivity index is 1.90. The van der Waals surface area contributed by atoms with Crippen molar-refractivity contribution in [3.05, 3.63) is 63.4 Å². The first-order chi connectivity index (χ1) is 12.0. The minimum absolute atomic E-state index is 0.0587. The highest BCUT2D eigenvalue weighted by Gasteiger charge is 2.08. The highest BCUT2D eigenvalue weighted by atomic mass is 16.5. The number of rotatable bonds is 4. The van der Waals surface area contributed by atoms with Crippen LogP contribution in [0.5, 0.6) is 11.5 Å². The molecule has 3 aromatic rings. The monoisotopic (exact) mass is 335 g/mol. The summed E-state index contributed by atoms with van der Waals surface area (Å²) in [5.74, 6) is 0.531. The number of aryl methyl sites for hydroxylation is 1. The fraction of sp³-hybridized carbons (Fsp3) is 0.158. The summed E-state index contributed by atoms with van der Waals surface area (Å²) in [4.78, 5) is 15.0. The van der Waals surface area contributed by atoms with Crippen molar-refractivity contribution in [1.29, 1.82) is 5.26 Å². The van der Waals surface area contributed by atoms with Crippen LogP contribution < -0.4 is 15.6 Å². The number of hydrogen-bond acceptors (Lipinski definition) is 5. The van der Waals surface area contributed by atoms with Gasteiger partial charge in [-0.3, -0.25) is 4.79 Å². The Labute approximate surface area is 144 Å². The van der Waals surface area contributed by atoms with Crippen LogP contribution in [-0.2, 0) is 6.54 Å². The number of aromatic amines is 1. The van der Waals surface area contributed by atoms with E-state index in [-0.39, 0.29) is 11.3 Å². The summed E-state index contributed by atoms with van der Waals surface area (Å²) in [5, 5.41) is 22.9. The molecular formula is C19H17N3O3. The van der Waals surface area contributed by atoms with Crippen molar-refractivity contribution in [1.82, 2.24) is 4.98 Å². The SMILES string of the molecule is COc1cc(NCc2cc3cc(C)cc(O)c3[nH]c2=O)ccc1C#N. The lowest BCUT2D eigenvalue weighted by atomic mass is 10.1. The van der Waals surface area contributed by atoms with Gasteiger partial charge < -0.3 is 20.1 Å². The zero-order valence-corrected chi connectivity index (χ0v) is 13.9. The average Bonchev–Trinajstić information content (AvgIpc) is 2.60. The molecule has 3 rings (SSSR count). The molecule has 0 saturated carbocycles. The van der Waals surface area contributed by atoms with Crippen molar-refractivity contribution in [2.75, 3.05) is 12.4 Å². The molecule has 6 heteroatoms. The molecule has 2 aromatic carbocycles. The summed E-state index contributed by atoms with van der Waals surface area (Å²) in [6.07, 6.45) is 0. The Bertz CT molecular complexity index is 1050. The Morgan fingerprint density at radius 1 is 1.28 bits per heavy atom. The van der Waals surface area contributed by atoms with Crippen LogP contribution >= 0.6 is 0 Å². The number of benzene rings is 2. The first-order valence-corrected chi connectivity index (χ1v) is 7.69. The molecule has 0 radical (unpaired) electrons. The molecule has 0 saturated heterocycles. The summed E-state index contributed by atoms with van der Waals surface area (Å²) in [6.45, 7) is 2.18. The fourth-order valence-electron chi connectivity index (χ4n) is 2.71. The van der Waals surface area contributed by atoms with Gasteiger partial charge in [0.15, 0.2) is 0 Å². The number of nitrogens with one attached hydrogen (secondary N) is 2. The van der Waals surface area contributed by atoms with E-state index in [9.17, 15) is 9.90 Å². The Hall–Kier alpha value is -3.46. The fourth-order valence-corrected chi connectivity index (χ4v) is 2.71. The molecule has 3 N–H and O–H groups in total. The van der Waals surface area contributed by atoms with Crippen LogP contribution in [0.2, 0.25) is 0 Å². The summed E-state index contributed by atoms with van der Waals surface area (Å²) in [6, 6.07) is 12.5. The second-order valence-corrected chi connectivity index (χ2v) is 5.75. The summed E-state index contributed by atoms with van der Waals surface area (Å²) >= 11 is 0. The predicted molar refractivity (Wildman–Crippen MR) is 96.0 cm³/mol. The van der Waals surface area contributed by atoms with Crippen LogP contribution in [0.1, 0.15) is 16.7 Å². The Morgan fingerprint density at radius 2 is 2.08 bits per heavy atom. The van der Waals surface area contributed by atoms with Crippen LogP contribution in [-0.4, -0.2) is 17.2 Å². The number of nitriles is 1. The van der Waals surface area contributed by atoms with Crippen LogP contribution in [0.3, 0.4) is 0 Å². The highest BCUT2D eigenvalue weighted by molar-refractivity contribution is 5.85. The lowest BCUT2D eigenvalue weighted by Crippen LogP contribution is -2.15. The largest absolute Gasteiger partial charge is 0.506 e. The normalized spacial score (nSPS) is 10.4. The van der Waals surface area contributed by atoms with Crippen molar-refractivity contribution in [2.24, 2.45) is 0 Å². The third-order valence-corrected chi connectivity index (χ3v) is 3.96. The number of pyridine rings is 1. The van der Waals surface area contributed by atoms with Gasteiger partial charge in [0.25, 0.3) is 5.56 Å². The van der Waals surface area contributed by atoms with Gasteiger partial charge in [0.2, 0.25) is 0 Å². The number of aromatic nitrogens is 1. The number of fused-ring (bicyclic) bond motifs is 1. The van der Waals surface area contributed by atoms with E-state index in [2.05, 4.69) is 16.4 Å². The third-order valence-electron chi connectivity index (χ3n) is 3.96. The lowest BCUT2D eigenvalue weighted by molar-refractivity contribution is 0.413. The number of H-pyrrole nitrogens is 1. The molecule has 0 atom stereocenters. The van der Waals surface area contributed by atoms with E-state index in [4.69, 9.17) is 10.00 Å². The number of ether oxygens (including phenoxy) is 1. The molecule has 1 aromatic heterocycles. The minimum atomic E-state index is -0.264. The second-order valence-electron chi connectivity index (χ2n) is 5.75. The smallest absolute Gasteiger partial charge is 0.253 e. The van der Waals surface area contributed by atoms with Gasteiger partial charge in [-0.2, -0.15) is 5.26 Å². The van der Waals surface area contributed by atoms with Crippen molar-refractivity contribution < 1.29 is 9.84 Å². The molecule has 0 aliphatic carbocycles. The van der Waals surface area contributed by atoms with Gasteiger partial charge in [-0.15, -0.1) is 0 Å². The molecule has 0 aliphatic rings. The van der Waals surface area contributed by atoms with Crippen LogP contribution in [0, 0.1) is 18.3 Å². The van der Waals surface area contributed by atoms with Crippen molar-refractivity contribution in [3.8, 4) is 17.6 Å². The van der Waals surface area contributed by atoms with Gasteiger partial charge in [-0.05, 0) is 42.8 Å². The third kappa shape index (κ3) is 3.26. The maximum atomic E-state index is 12.2. The maximum Gasteiger partial charge on any atom is 0.253 e. The van der Waals surface area contributed by atoms with Gasteiger partial charge >= 0.3 is 0 Å². The summed E-state index contributed by atoms with van der Waals surface area (Å²) in [5.41, 5.74) is 2.80. The van der Waals surface area contributed by atoms with E-state index in [0.29, 0.717) is 28.9 Å². The van der Waals surface area contributed by atoms with Gasteiger partial charge in [0.05, 0.1) is 18.2 Å². The van der Waals surface area contributed by atoms with Crippen molar-refractivity contribution in [2.45, 2.75) is 13.5 Å². The number of hydrogen-bond donors (Lipinski definition) is 3. The molecule has 1 heterocycles. The van der Waals surface area contributed by atoms with E-state index >= 15 is 0 Å². The predicted octanol–water partition coefficient (Wildman–Crippen LogP) is 3.03. The summed E-state index contributed by atoms with van der Waals surface area (Å²) in [7, 11) is 1.50. The van der Waals surface area contributed by atoms with E-state index in [1.807, 2.05) is 13.0 Å². The van der Waals surface area contributed by atoms with E-state index in [1.54, 1.807) is 30.3 Å². The van der Waals surface area contributed by atoms with Gasteiger partial charge in [0.1, 0.15) is 17.6 Å². The Kier molecular flexibility index (Phi) is 4.31. The van der Waals surface area contributed by atoms with Crippen molar-refractivity contribution in [3.63, 3.8) is 0 Å². The molecule has 25 heavy (non-hydrogen) atoms. The van der Waals surface area contributed by atoms with Crippen molar-refractivity contribution >= 4 is 16.6 Å².